The van der Waals surface area contributed by atoms with E-state index in [2.05, 4.69) is 15.9 Å². The van der Waals surface area contributed by atoms with Gasteiger partial charge >= 0.3 is 6.18 Å². The van der Waals surface area contributed by atoms with Crippen LogP contribution in [0.2, 0.25) is 5.02 Å². The Kier molecular flexibility index (Phi) is 3.96. The van der Waals surface area contributed by atoms with Gasteiger partial charge in [0.1, 0.15) is 5.82 Å². The predicted octanol–water partition coefficient (Wildman–Crippen LogP) is 4.08. The fourth-order valence-corrected chi connectivity index (χ4v) is 1.63. The van der Waals surface area contributed by atoms with Gasteiger partial charge in [-0.25, -0.2) is 4.39 Å². The largest absolute Gasteiger partial charge is 0.417 e. The van der Waals surface area contributed by atoms with Gasteiger partial charge in [0.2, 0.25) is 0 Å². The normalized spacial score (nSPS) is 11.6. The summed E-state index contributed by atoms with van der Waals surface area (Å²) in [5.41, 5.74) is -2.35. The van der Waals surface area contributed by atoms with E-state index >= 15 is 0 Å². The molecule has 0 aliphatic heterocycles. The first-order valence-electron chi connectivity index (χ1n) is 3.92. The first-order valence-corrected chi connectivity index (χ1v) is 5.42. The van der Waals surface area contributed by atoms with Crippen LogP contribution in [0.3, 0.4) is 0 Å². The second-order valence-electron chi connectivity index (χ2n) is 2.86. The van der Waals surface area contributed by atoms with E-state index in [1.165, 1.54) is 0 Å². The summed E-state index contributed by atoms with van der Waals surface area (Å²) in [7, 11) is 0. The lowest BCUT2D eigenvalue weighted by atomic mass is 10.0. The molecule has 1 rings (SSSR count). The maximum atomic E-state index is 13.3. The highest BCUT2D eigenvalue weighted by Gasteiger charge is 2.37. The molecule has 88 valence electrons. The Morgan fingerprint density at radius 1 is 1.38 bits per heavy atom. The average molecular weight is 319 g/mol. The van der Waals surface area contributed by atoms with Gasteiger partial charge in [-0.2, -0.15) is 13.2 Å². The van der Waals surface area contributed by atoms with Crippen molar-refractivity contribution in [3.05, 3.63) is 34.1 Å². The number of carbonyl (C=O) groups is 1. The van der Waals surface area contributed by atoms with E-state index in [9.17, 15) is 22.4 Å². The molecule has 1 aromatic carbocycles. The molecule has 0 radical (unpaired) electrons. The quantitative estimate of drug-likeness (QED) is 0.456. The molecule has 0 fully saturated rings. The van der Waals surface area contributed by atoms with Crippen LogP contribution in [0.4, 0.5) is 17.6 Å². The minimum absolute atomic E-state index is 0.394. The van der Waals surface area contributed by atoms with Crippen molar-refractivity contribution < 1.29 is 22.4 Å². The van der Waals surface area contributed by atoms with Crippen molar-refractivity contribution in [1.29, 1.82) is 0 Å². The second-order valence-corrected chi connectivity index (χ2v) is 3.86. The van der Waals surface area contributed by atoms with Crippen molar-refractivity contribution in [2.24, 2.45) is 0 Å². The van der Waals surface area contributed by atoms with Crippen molar-refractivity contribution in [3.8, 4) is 0 Å². The van der Waals surface area contributed by atoms with Crippen LogP contribution >= 0.6 is 27.5 Å². The Balaban J connectivity index is 3.51. The van der Waals surface area contributed by atoms with Crippen LogP contribution in [0.5, 0.6) is 0 Å². The molecule has 0 aromatic heterocycles. The van der Waals surface area contributed by atoms with Crippen LogP contribution in [0.15, 0.2) is 12.1 Å². The molecule has 0 bridgehead atoms. The zero-order valence-electron chi connectivity index (χ0n) is 7.54. The molecule has 1 nitrogen and oxygen atoms in total. The molecular formula is C9H4BrClF4O. The third-order valence-electron chi connectivity index (χ3n) is 1.76. The highest BCUT2D eigenvalue weighted by atomic mass is 79.9. The fourth-order valence-electron chi connectivity index (χ4n) is 1.15. The molecule has 0 spiro atoms. The molecule has 16 heavy (non-hydrogen) atoms. The molecule has 0 unspecified atom stereocenters. The van der Waals surface area contributed by atoms with Gasteiger partial charge in [0.05, 0.1) is 16.5 Å². The number of Topliss-reactive ketones (excluding diaryl/α,β-unsaturated/α-hetero) is 1. The maximum Gasteiger partial charge on any atom is 0.417 e. The van der Waals surface area contributed by atoms with Gasteiger partial charge in [0.15, 0.2) is 5.78 Å². The van der Waals surface area contributed by atoms with Crippen LogP contribution in [0.1, 0.15) is 15.9 Å². The van der Waals surface area contributed by atoms with Crippen LogP contribution < -0.4 is 0 Å². The standard InChI is InChI=1S/C9H4BrClF4O/c10-3-7(16)8-5(9(13,14)15)1-4(11)2-6(8)12/h1-2H,3H2. The van der Waals surface area contributed by atoms with Crippen molar-refractivity contribution in [1.82, 2.24) is 0 Å². The molecule has 0 saturated carbocycles. The zero-order chi connectivity index (χ0) is 12.5. The Labute approximate surface area is 102 Å². The second kappa shape index (κ2) is 4.71. The van der Waals surface area contributed by atoms with Gasteiger partial charge < -0.3 is 0 Å². The summed E-state index contributed by atoms with van der Waals surface area (Å²) < 4.78 is 50.8. The van der Waals surface area contributed by atoms with E-state index in [1.807, 2.05) is 0 Å². The first-order chi connectivity index (χ1) is 7.27. The molecule has 1 aromatic rings. The van der Waals surface area contributed by atoms with E-state index in [-0.39, 0.29) is 0 Å². The van der Waals surface area contributed by atoms with Gasteiger partial charge in [0.25, 0.3) is 0 Å². The Morgan fingerprint density at radius 3 is 2.38 bits per heavy atom. The van der Waals surface area contributed by atoms with Crippen LogP contribution in [-0.4, -0.2) is 11.1 Å². The Morgan fingerprint density at radius 2 is 1.94 bits per heavy atom. The lowest BCUT2D eigenvalue weighted by molar-refractivity contribution is -0.138. The summed E-state index contributed by atoms with van der Waals surface area (Å²) >= 11 is 8.00. The lowest BCUT2D eigenvalue weighted by Gasteiger charge is -2.12. The molecule has 0 amide bonds. The van der Waals surface area contributed by atoms with Crippen LogP contribution in [0.25, 0.3) is 0 Å². The summed E-state index contributed by atoms with van der Waals surface area (Å²) in [4.78, 5) is 11.2. The average Bonchev–Trinajstić information content (AvgIpc) is 2.14. The third-order valence-corrected chi connectivity index (χ3v) is 2.49. The fraction of sp³-hybridized carbons (Fsp3) is 0.222. The smallest absolute Gasteiger partial charge is 0.293 e. The summed E-state index contributed by atoms with van der Waals surface area (Å²) in [6.45, 7) is 0. The molecule has 7 heteroatoms. The summed E-state index contributed by atoms with van der Waals surface area (Å²) in [6, 6.07) is 1.20. The van der Waals surface area contributed by atoms with Gasteiger partial charge in [0, 0.05) is 5.02 Å². The monoisotopic (exact) mass is 318 g/mol. The molecule has 0 aliphatic rings. The Bertz CT molecular complexity index is 430. The number of halogens is 6. The molecular weight excluding hydrogens is 315 g/mol. The third kappa shape index (κ3) is 2.74. The number of alkyl halides is 4. The van der Waals surface area contributed by atoms with Crippen molar-refractivity contribution >= 4 is 33.3 Å². The molecule has 0 atom stereocenters. The number of ketones is 1. The molecule has 0 aliphatic carbocycles. The van der Waals surface area contributed by atoms with Crippen LogP contribution in [-0.2, 0) is 6.18 Å². The molecule has 0 heterocycles. The van der Waals surface area contributed by atoms with Crippen molar-refractivity contribution in [2.75, 3.05) is 5.33 Å². The maximum absolute atomic E-state index is 13.3. The van der Waals surface area contributed by atoms with Gasteiger partial charge in [-0.05, 0) is 12.1 Å². The van der Waals surface area contributed by atoms with E-state index in [1.54, 1.807) is 0 Å². The summed E-state index contributed by atoms with van der Waals surface area (Å²) in [5, 5.41) is -0.801. The number of benzene rings is 1. The van der Waals surface area contributed by atoms with E-state index in [4.69, 9.17) is 11.6 Å². The minimum Gasteiger partial charge on any atom is -0.293 e. The number of hydrogen-bond donors (Lipinski definition) is 0. The van der Waals surface area contributed by atoms with Gasteiger partial charge in [-0.1, -0.05) is 27.5 Å². The van der Waals surface area contributed by atoms with E-state index in [0.717, 1.165) is 0 Å². The number of rotatable bonds is 2. The zero-order valence-corrected chi connectivity index (χ0v) is 9.88. The lowest BCUT2D eigenvalue weighted by Crippen LogP contribution is -2.16. The van der Waals surface area contributed by atoms with Gasteiger partial charge in [-0.3, -0.25) is 4.79 Å². The van der Waals surface area contributed by atoms with E-state index in [0.29, 0.717) is 12.1 Å². The first kappa shape index (κ1) is 13.4. The van der Waals surface area contributed by atoms with Crippen LogP contribution in [0, 0.1) is 5.82 Å². The summed E-state index contributed by atoms with van der Waals surface area (Å²) in [6.07, 6.45) is -4.82. The SMILES string of the molecule is O=C(CBr)c1c(F)cc(Cl)cc1C(F)(F)F. The summed E-state index contributed by atoms with van der Waals surface area (Å²) in [5.74, 6) is -2.26. The number of hydrogen-bond acceptors (Lipinski definition) is 1. The minimum atomic E-state index is -4.82. The van der Waals surface area contributed by atoms with E-state index < -0.39 is 39.3 Å². The topological polar surface area (TPSA) is 17.1 Å². The highest BCUT2D eigenvalue weighted by molar-refractivity contribution is 9.09. The molecule has 0 N–H and O–H groups in total. The highest BCUT2D eigenvalue weighted by Crippen LogP contribution is 2.35. The predicted molar refractivity (Wildman–Crippen MR) is 54.5 cm³/mol. The van der Waals surface area contributed by atoms with Crippen molar-refractivity contribution in [2.45, 2.75) is 6.18 Å². The Hall–Kier alpha value is -0.620. The number of carbonyl (C=O) groups excluding carboxylic acids is 1. The van der Waals surface area contributed by atoms with Gasteiger partial charge in [-0.15, -0.1) is 0 Å². The van der Waals surface area contributed by atoms with Crippen molar-refractivity contribution in [3.63, 3.8) is 0 Å². The molecule has 0 saturated heterocycles.